The summed E-state index contributed by atoms with van der Waals surface area (Å²) >= 11 is 1.66. The standard InChI is InChI=1S/C8H8N2S/c1-10-4-2-7-8(3-5-10)11-6-9-7/h2-6H,1H3. The molecule has 1 aromatic rings. The molecule has 1 aliphatic heterocycles. The van der Waals surface area contributed by atoms with Crippen molar-refractivity contribution in [2.75, 3.05) is 7.05 Å². The van der Waals surface area contributed by atoms with E-state index in [1.807, 2.05) is 35.9 Å². The van der Waals surface area contributed by atoms with Gasteiger partial charge in [-0.15, -0.1) is 11.3 Å². The van der Waals surface area contributed by atoms with E-state index in [2.05, 4.69) is 11.1 Å². The molecule has 0 bridgehead atoms. The van der Waals surface area contributed by atoms with E-state index in [0.717, 1.165) is 5.69 Å². The predicted octanol–water partition coefficient (Wildman–Crippen LogP) is 2.03. The predicted molar refractivity (Wildman–Crippen MR) is 47.9 cm³/mol. The molecule has 2 rings (SSSR count). The molecule has 0 aromatic carbocycles. The maximum absolute atomic E-state index is 4.20. The highest BCUT2D eigenvalue weighted by Crippen LogP contribution is 2.19. The second-order valence-electron chi connectivity index (χ2n) is 2.40. The summed E-state index contributed by atoms with van der Waals surface area (Å²) in [5.41, 5.74) is 2.93. The van der Waals surface area contributed by atoms with Crippen molar-refractivity contribution in [2.45, 2.75) is 0 Å². The molecule has 11 heavy (non-hydrogen) atoms. The second kappa shape index (κ2) is 2.51. The van der Waals surface area contributed by atoms with Crippen LogP contribution in [0.4, 0.5) is 0 Å². The molecule has 0 amide bonds. The third-order valence-corrected chi connectivity index (χ3v) is 2.36. The number of hydrogen-bond acceptors (Lipinski definition) is 3. The van der Waals surface area contributed by atoms with E-state index < -0.39 is 0 Å². The average Bonchev–Trinajstić information content (AvgIpc) is 2.38. The summed E-state index contributed by atoms with van der Waals surface area (Å²) in [6.45, 7) is 0. The number of fused-ring (bicyclic) bond motifs is 1. The van der Waals surface area contributed by atoms with Gasteiger partial charge in [-0.2, -0.15) is 0 Å². The second-order valence-corrected chi connectivity index (χ2v) is 3.29. The first kappa shape index (κ1) is 6.61. The van der Waals surface area contributed by atoms with Crippen molar-refractivity contribution in [1.29, 1.82) is 0 Å². The Morgan fingerprint density at radius 2 is 2.18 bits per heavy atom. The van der Waals surface area contributed by atoms with Gasteiger partial charge in [-0.3, -0.25) is 0 Å². The normalized spacial score (nSPS) is 14.8. The van der Waals surface area contributed by atoms with Crippen molar-refractivity contribution in [3.05, 3.63) is 28.5 Å². The minimum absolute atomic E-state index is 1.07. The lowest BCUT2D eigenvalue weighted by atomic mass is 10.3. The lowest BCUT2D eigenvalue weighted by Crippen LogP contribution is -1.97. The van der Waals surface area contributed by atoms with Gasteiger partial charge in [-0.1, -0.05) is 0 Å². The van der Waals surface area contributed by atoms with Gasteiger partial charge < -0.3 is 4.90 Å². The molecule has 0 radical (unpaired) electrons. The first-order chi connectivity index (χ1) is 5.36. The zero-order valence-electron chi connectivity index (χ0n) is 6.19. The highest BCUT2D eigenvalue weighted by Gasteiger charge is 2.01. The quantitative estimate of drug-likeness (QED) is 0.583. The van der Waals surface area contributed by atoms with Crippen LogP contribution in [0.2, 0.25) is 0 Å². The van der Waals surface area contributed by atoms with E-state index in [1.165, 1.54) is 4.88 Å². The number of aromatic nitrogens is 1. The molecule has 0 unspecified atom stereocenters. The van der Waals surface area contributed by atoms with Crippen LogP contribution < -0.4 is 0 Å². The van der Waals surface area contributed by atoms with Gasteiger partial charge in [0.1, 0.15) is 0 Å². The van der Waals surface area contributed by atoms with Gasteiger partial charge in [0.25, 0.3) is 0 Å². The summed E-state index contributed by atoms with van der Waals surface area (Å²) in [5, 5.41) is 0. The fraction of sp³-hybridized carbons (Fsp3) is 0.125. The smallest absolute Gasteiger partial charge is 0.0827 e. The van der Waals surface area contributed by atoms with Crippen LogP contribution >= 0.6 is 11.3 Å². The molecule has 0 spiro atoms. The first-order valence-electron chi connectivity index (χ1n) is 3.38. The Hall–Kier alpha value is -1.09. The molecule has 0 saturated carbocycles. The van der Waals surface area contributed by atoms with Crippen LogP contribution in [0, 0.1) is 0 Å². The van der Waals surface area contributed by atoms with Crippen molar-refractivity contribution in [3.8, 4) is 0 Å². The zero-order chi connectivity index (χ0) is 7.68. The molecular weight excluding hydrogens is 156 g/mol. The summed E-state index contributed by atoms with van der Waals surface area (Å²) in [6, 6.07) is 0. The fourth-order valence-electron chi connectivity index (χ4n) is 0.937. The highest BCUT2D eigenvalue weighted by atomic mass is 32.1. The molecule has 1 aromatic heterocycles. The Bertz CT molecular complexity index is 283. The number of nitrogens with zero attached hydrogens (tertiary/aromatic N) is 2. The number of rotatable bonds is 0. The van der Waals surface area contributed by atoms with Crippen molar-refractivity contribution in [2.24, 2.45) is 0 Å². The van der Waals surface area contributed by atoms with E-state index in [1.54, 1.807) is 11.3 Å². The molecule has 2 nitrogen and oxygen atoms in total. The average molecular weight is 164 g/mol. The summed E-state index contributed by atoms with van der Waals surface area (Å²) in [6.07, 6.45) is 8.13. The largest absolute Gasteiger partial charge is 0.357 e. The van der Waals surface area contributed by atoms with Crippen LogP contribution in [-0.4, -0.2) is 16.9 Å². The minimum atomic E-state index is 1.07. The monoisotopic (exact) mass is 164 g/mol. The maximum atomic E-state index is 4.20. The Morgan fingerprint density at radius 1 is 1.36 bits per heavy atom. The van der Waals surface area contributed by atoms with Gasteiger partial charge in [0.2, 0.25) is 0 Å². The van der Waals surface area contributed by atoms with Crippen LogP contribution in [0.25, 0.3) is 12.2 Å². The third kappa shape index (κ3) is 1.19. The zero-order valence-corrected chi connectivity index (χ0v) is 7.01. The van der Waals surface area contributed by atoms with Crippen LogP contribution in [0.5, 0.6) is 0 Å². The summed E-state index contributed by atoms with van der Waals surface area (Å²) < 4.78 is 0. The SMILES string of the molecule is CN1C=Cc2ncsc2C=C1. The van der Waals surface area contributed by atoms with E-state index >= 15 is 0 Å². The van der Waals surface area contributed by atoms with Gasteiger partial charge in [0, 0.05) is 19.4 Å². The Kier molecular flexibility index (Phi) is 1.51. The summed E-state index contributed by atoms with van der Waals surface area (Å²) in [4.78, 5) is 7.44. The molecule has 0 aliphatic carbocycles. The van der Waals surface area contributed by atoms with Crippen LogP contribution in [-0.2, 0) is 0 Å². The Labute approximate surface area is 69.5 Å². The molecule has 0 saturated heterocycles. The van der Waals surface area contributed by atoms with E-state index in [-0.39, 0.29) is 0 Å². The van der Waals surface area contributed by atoms with Crippen LogP contribution in [0.15, 0.2) is 17.9 Å². The summed E-state index contributed by atoms with van der Waals surface area (Å²) in [5.74, 6) is 0. The van der Waals surface area contributed by atoms with Gasteiger partial charge in [0.05, 0.1) is 16.1 Å². The fourth-order valence-corrected chi connectivity index (χ4v) is 1.60. The minimum Gasteiger partial charge on any atom is -0.357 e. The van der Waals surface area contributed by atoms with Gasteiger partial charge >= 0.3 is 0 Å². The van der Waals surface area contributed by atoms with E-state index in [0.29, 0.717) is 0 Å². The lowest BCUT2D eigenvalue weighted by molar-refractivity contribution is 0.635. The molecular formula is C8H8N2S. The molecule has 1 aliphatic rings. The van der Waals surface area contributed by atoms with Crippen molar-refractivity contribution < 1.29 is 0 Å². The molecule has 2 heterocycles. The molecule has 56 valence electrons. The van der Waals surface area contributed by atoms with Gasteiger partial charge in [-0.05, 0) is 12.2 Å². The highest BCUT2D eigenvalue weighted by molar-refractivity contribution is 7.10. The topological polar surface area (TPSA) is 16.1 Å². The van der Waals surface area contributed by atoms with Crippen molar-refractivity contribution in [1.82, 2.24) is 9.88 Å². The van der Waals surface area contributed by atoms with Gasteiger partial charge in [-0.25, -0.2) is 4.98 Å². The Balaban J connectivity index is 2.48. The van der Waals surface area contributed by atoms with Crippen LogP contribution in [0.3, 0.4) is 0 Å². The summed E-state index contributed by atoms with van der Waals surface area (Å²) in [7, 11) is 2.00. The van der Waals surface area contributed by atoms with E-state index in [9.17, 15) is 0 Å². The Morgan fingerprint density at radius 3 is 3.09 bits per heavy atom. The van der Waals surface area contributed by atoms with Gasteiger partial charge in [0.15, 0.2) is 0 Å². The molecule has 3 heteroatoms. The third-order valence-electron chi connectivity index (χ3n) is 1.55. The molecule has 0 N–H and O–H groups in total. The van der Waals surface area contributed by atoms with Crippen molar-refractivity contribution >= 4 is 23.5 Å². The number of hydrogen-bond donors (Lipinski definition) is 0. The first-order valence-corrected chi connectivity index (χ1v) is 4.26. The lowest BCUT2D eigenvalue weighted by Gasteiger charge is -2.02. The van der Waals surface area contributed by atoms with Crippen molar-refractivity contribution in [3.63, 3.8) is 0 Å². The number of thiazole rings is 1. The van der Waals surface area contributed by atoms with Crippen LogP contribution in [0.1, 0.15) is 10.6 Å². The molecule has 0 atom stereocenters. The maximum Gasteiger partial charge on any atom is 0.0827 e. The van der Waals surface area contributed by atoms with E-state index in [4.69, 9.17) is 0 Å². The molecule has 0 fully saturated rings.